The summed E-state index contributed by atoms with van der Waals surface area (Å²) >= 11 is 5.89. The van der Waals surface area contributed by atoms with Gasteiger partial charge in [-0.25, -0.2) is 0 Å². The molecule has 0 unspecified atom stereocenters. The first-order valence-corrected chi connectivity index (χ1v) is 9.85. The van der Waals surface area contributed by atoms with Gasteiger partial charge in [-0.3, -0.25) is 9.59 Å². The van der Waals surface area contributed by atoms with Crippen molar-refractivity contribution in [3.05, 3.63) is 68.9 Å². The third-order valence-corrected chi connectivity index (χ3v) is 4.98. The van der Waals surface area contributed by atoms with Crippen LogP contribution in [0.4, 0.5) is 0 Å². The Balaban J connectivity index is 1.61. The lowest BCUT2D eigenvalue weighted by Gasteiger charge is -2.14. The standard InChI is InChI=1S/C21H23ClN4O3/c1-4-26-13(2)5-10-17(21(26)28)20-24-19(29-25-20)12-11-18(27)23-14(3)15-6-8-16(22)9-7-15/h5-10,14H,4,11-12H2,1-3H3,(H,23,27)/t14-/m0/s1. The molecule has 0 aliphatic heterocycles. The van der Waals surface area contributed by atoms with E-state index in [2.05, 4.69) is 15.5 Å². The van der Waals surface area contributed by atoms with Crippen LogP contribution in [0.25, 0.3) is 11.4 Å². The Bertz CT molecular complexity index is 1060. The number of aromatic nitrogens is 3. The van der Waals surface area contributed by atoms with Gasteiger partial charge in [-0.1, -0.05) is 28.9 Å². The predicted molar refractivity (Wildman–Crippen MR) is 111 cm³/mol. The van der Waals surface area contributed by atoms with Crippen LogP contribution < -0.4 is 10.9 Å². The number of nitrogens with one attached hydrogen (secondary N) is 1. The number of carbonyl (C=O) groups is 1. The van der Waals surface area contributed by atoms with Crippen LogP contribution in [0.2, 0.25) is 5.02 Å². The molecular weight excluding hydrogens is 392 g/mol. The third kappa shape index (κ3) is 4.92. The highest BCUT2D eigenvalue weighted by Crippen LogP contribution is 2.17. The number of nitrogens with zero attached hydrogens (tertiary/aromatic N) is 3. The molecule has 8 heteroatoms. The normalized spacial score (nSPS) is 12.0. The van der Waals surface area contributed by atoms with E-state index in [0.717, 1.165) is 11.3 Å². The van der Waals surface area contributed by atoms with E-state index in [1.807, 2.05) is 39.0 Å². The molecule has 1 amide bonds. The van der Waals surface area contributed by atoms with E-state index in [0.29, 0.717) is 29.4 Å². The van der Waals surface area contributed by atoms with E-state index in [1.165, 1.54) is 0 Å². The van der Waals surface area contributed by atoms with Crippen LogP contribution >= 0.6 is 11.6 Å². The van der Waals surface area contributed by atoms with E-state index in [9.17, 15) is 9.59 Å². The fourth-order valence-electron chi connectivity index (χ4n) is 3.07. The zero-order valence-electron chi connectivity index (χ0n) is 16.6. The number of aryl methyl sites for hydroxylation is 2. The molecule has 29 heavy (non-hydrogen) atoms. The summed E-state index contributed by atoms with van der Waals surface area (Å²) in [5.41, 5.74) is 2.06. The van der Waals surface area contributed by atoms with Gasteiger partial charge in [-0.2, -0.15) is 4.98 Å². The maximum Gasteiger partial charge on any atom is 0.261 e. The van der Waals surface area contributed by atoms with Gasteiger partial charge >= 0.3 is 0 Å². The molecule has 0 saturated heterocycles. The SMILES string of the molecule is CCn1c(C)ccc(-c2noc(CCC(=O)N[C@@H](C)c3ccc(Cl)cc3)n2)c1=O. The molecule has 0 fully saturated rings. The minimum absolute atomic E-state index is 0.129. The van der Waals surface area contributed by atoms with Crippen molar-refractivity contribution in [1.82, 2.24) is 20.0 Å². The molecule has 1 aromatic carbocycles. The lowest BCUT2D eigenvalue weighted by atomic mass is 10.1. The highest BCUT2D eigenvalue weighted by Gasteiger charge is 2.16. The van der Waals surface area contributed by atoms with Crippen molar-refractivity contribution >= 4 is 17.5 Å². The summed E-state index contributed by atoms with van der Waals surface area (Å²) in [7, 11) is 0. The molecule has 1 N–H and O–H groups in total. The van der Waals surface area contributed by atoms with Crippen LogP contribution in [0.15, 0.2) is 45.7 Å². The van der Waals surface area contributed by atoms with Crippen molar-refractivity contribution in [3.63, 3.8) is 0 Å². The van der Waals surface area contributed by atoms with Gasteiger partial charge in [0.2, 0.25) is 17.6 Å². The van der Waals surface area contributed by atoms with Crippen LogP contribution in [-0.4, -0.2) is 20.6 Å². The smallest absolute Gasteiger partial charge is 0.261 e. The molecule has 0 spiro atoms. The largest absolute Gasteiger partial charge is 0.350 e. The highest BCUT2D eigenvalue weighted by molar-refractivity contribution is 6.30. The number of carbonyl (C=O) groups excluding carboxylic acids is 1. The Morgan fingerprint density at radius 1 is 1.24 bits per heavy atom. The number of benzene rings is 1. The van der Waals surface area contributed by atoms with Gasteiger partial charge in [0.15, 0.2) is 0 Å². The number of amides is 1. The molecule has 0 bridgehead atoms. The first-order chi connectivity index (χ1) is 13.9. The molecule has 2 aromatic heterocycles. The quantitative estimate of drug-likeness (QED) is 0.636. The van der Waals surface area contributed by atoms with Crippen molar-refractivity contribution in [3.8, 4) is 11.4 Å². The molecule has 3 rings (SSSR count). The second-order valence-electron chi connectivity index (χ2n) is 6.79. The lowest BCUT2D eigenvalue weighted by Crippen LogP contribution is -2.26. The van der Waals surface area contributed by atoms with Crippen molar-refractivity contribution in [2.75, 3.05) is 0 Å². The first kappa shape index (κ1) is 20.8. The zero-order chi connectivity index (χ0) is 21.0. The maximum atomic E-state index is 12.5. The molecule has 3 aromatic rings. The Hall–Kier alpha value is -2.93. The Labute approximate surface area is 173 Å². The minimum atomic E-state index is -0.158. The monoisotopic (exact) mass is 414 g/mol. The van der Waals surface area contributed by atoms with Gasteiger partial charge in [-0.05, 0) is 50.6 Å². The van der Waals surface area contributed by atoms with E-state index >= 15 is 0 Å². The van der Waals surface area contributed by atoms with E-state index in [-0.39, 0.29) is 29.8 Å². The van der Waals surface area contributed by atoms with E-state index in [1.54, 1.807) is 22.8 Å². The molecule has 2 heterocycles. The summed E-state index contributed by atoms with van der Waals surface area (Å²) in [6, 6.07) is 10.7. The summed E-state index contributed by atoms with van der Waals surface area (Å²) in [4.78, 5) is 29.1. The first-order valence-electron chi connectivity index (χ1n) is 9.47. The van der Waals surface area contributed by atoms with Gasteiger partial charge in [0.25, 0.3) is 5.56 Å². The molecule has 0 aliphatic rings. The summed E-state index contributed by atoms with van der Waals surface area (Å²) < 4.78 is 6.88. The lowest BCUT2D eigenvalue weighted by molar-refractivity contribution is -0.121. The molecule has 1 atom stereocenters. The Morgan fingerprint density at radius 2 is 1.97 bits per heavy atom. The summed E-state index contributed by atoms with van der Waals surface area (Å²) in [6.45, 7) is 6.25. The maximum absolute atomic E-state index is 12.5. The number of hydrogen-bond donors (Lipinski definition) is 1. The van der Waals surface area contributed by atoms with Crippen LogP contribution in [0.5, 0.6) is 0 Å². The zero-order valence-corrected chi connectivity index (χ0v) is 17.4. The van der Waals surface area contributed by atoms with Crippen molar-refractivity contribution in [2.24, 2.45) is 0 Å². The van der Waals surface area contributed by atoms with Crippen LogP contribution in [0.1, 0.15) is 43.5 Å². The van der Waals surface area contributed by atoms with Crippen molar-refractivity contribution in [2.45, 2.75) is 46.2 Å². The van der Waals surface area contributed by atoms with Gasteiger partial charge in [0.1, 0.15) is 0 Å². The Kier molecular flexibility index (Phi) is 6.49. The summed E-state index contributed by atoms with van der Waals surface area (Å²) in [5, 5.41) is 7.48. The van der Waals surface area contributed by atoms with Crippen LogP contribution in [-0.2, 0) is 17.8 Å². The molecule has 0 saturated carbocycles. The number of halogens is 1. The van der Waals surface area contributed by atoms with E-state index < -0.39 is 0 Å². The molecule has 152 valence electrons. The number of rotatable bonds is 7. The predicted octanol–water partition coefficient (Wildman–Crippen LogP) is 3.69. The second kappa shape index (κ2) is 9.05. The number of hydrogen-bond acceptors (Lipinski definition) is 5. The summed E-state index contributed by atoms with van der Waals surface area (Å²) in [5.74, 6) is 0.426. The van der Waals surface area contributed by atoms with Gasteiger partial charge in [-0.15, -0.1) is 0 Å². The van der Waals surface area contributed by atoms with Crippen LogP contribution in [0, 0.1) is 6.92 Å². The van der Waals surface area contributed by atoms with Gasteiger partial charge < -0.3 is 14.4 Å². The second-order valence-corrected chi connectivity index (χ2v) is 7.23. The molecule has 7 nitrogen and oxygen atoms in total. The molecule has 0 radical (unpaired) electrons. The third-order valence-electron chi connectivity index (χ3n) is 4.73. The number of pyridine rings is 1. The van der Waals surface area contributed by atoms with Crippen molar-refractivity contribution < 1.29 is 9.32 Å². The van der Waals surface area contributed by atoms with Crippen LogP contribution in [0.3, 0.4) is 0 Å². The highest BCUT2D eigenvalue weighted by atomic mass is 35.5. The summed E-state index contributed by atoms with van der Waals surface area (Å²) in [6.07, 6.45) is 0.493. The fourth-order valence-corrected chi connectivity index (χ4v) is 3.19. The fraction of sp³-hybridized carbons (Fsp3) is 0.333. The minimum Gasteiger partial charge on any atom is -0.350 e. The average molecular weight is 415 g/mol. The Morgan fingerprint density at radius 3 is 2.66 bits per heavy atom. The average Bonchev–Trinajstić information content (AvgIpc) is 3.16. The molecular formula is C21H23ClN4O3. The van der Waals surface area contributed by atoms with Crippen molar-refractivity contribution in [1.29, 1.82) is 0 Å². The van der Waals surface area contributed by atoms with Gasteiger partial charge in [0.05, 0.1) is 11.6 Å². The van der Waals surface area contributed by atoms with Gasteiger partial charge in [0, 0.05) is 30.1 Å². The van der Waals surface area contributed by atoms with E-state index in [4.69, 9.17) is 16.1 Å². The molecule has 0 aliphatic carbocycles. The topological polar surface area (TPSA) is 90.0 Å².